The van der Waals surface area contributed by atoms with E-state index in [2.05, 4.69) is 15.3 Å². The van der Waals surface area contributed by atoms with Crippen molar-refractivity contribution in [3.63, 3.8) is 0 Å². The Morgan fingerprint density at radius 1 is 1.33 bits per heavy atom. The molecule has 2 rings (SSSR count). The van der Waals surface area contributed by atoms with Crippen molar-refractivity contribution in [3.05, 3.63) is 41.3 Å². The number of halogens is 1. The van der Waals surface area contributed by atoms with Crippen LogP contribution in [0.1, 0.15) is 5.69 Å². The van der Waals surface area contributed by atoms with Crippen molar-refractivity contribution in [3.8, 4) is 11.8 Å². The van der Waals surface area contributed by atoms with Crippen LogP contribution in [0.25, 0.3) is 0 Å². The lowest BCUT2D eigenvalue weighted by atomic mass is 10.3. The van der Waals surface area contributed by atoms with Crippen LogP contribution in [-0.4, -0.2) is 17.1 Å². The third-order valence-corrected chi connectivity index (χ3v) is 2.45. The van der Waals surface area contributed by atoms with Gasteiger partial charge in [0.15, 0.2) is 11.5 Å². The first-order valence-electron chi connectivity index (χ1n) is 5.06. The lowest BCUT2D eigenvalue weighted by Crippen LogP contribution is -2.00. The number of aromatic nitrogens is 2. The normalized spacial score (nSPS) is 9.61. The van der Waals surface area contributed by atoms with Gasteiger partial charge in [-0.2, -0.15) is 5.26 Å². The summed E-state index contributed by atoms with van der Waals surface area (Å²) < 4.78 is 5.19. The van der Waals surface area contributed by atoms with E-state index in [4.69, 9.17) is 21.6 Å². The van der Waals surface area contributed by atoms with E-state index in [1.807, 2.05) is 6.07 Å². The Morgan fingerprint density at radius 3 is 2.83 bits per heavy atom. The van der Waals surface area contributed by atoms with Gasteiger partial charge in [0.2, 0.25) is 0 Å². The number of hydrogen-bond donors (Lipinski definition) is 1. The minimum absolute atomic E-state index is 0.208. The first kappa shape index (κ1) is 12.1. The predicted octanol–water partition coefficient (Wildman–Crippen LogP) is 2.75. The number of nitrogens with one attached hydrogen (secondary N) is 1. The molecule has 0 amide bonds. The van der Waals surface area contributed by atoms with E-state index in [0.29, 0.717) is 22.3 Å². The van der Waals surface area contributed by atoms with Gasteiger partial charge in [0.1, 0.15) is 11.8 Å². The fourth-order valence-electron chi connectivity index (χ4n) is 1.42. The zero-order chi connectivity index (χ0) is 13.0. The smallest absolute Gasteiger partial charge is 0.183 e. The molecule has 0 aliphatic heterocycles. The molecule has 0 saturated heterocycles. The summed E-state index contributed by atoms with van der Waals surface area (Å²) >= 11 is 5.92. The molecule has 0 spiro atoms. The van der Waals surface area contributed by atoms with Gasteiger partial charge in [-0.3, -0.25) is 0 Å². The lowest BCUT2D eigenvalue weighted by molar-refractivity contribution is 0.417. The van der Waals surface area contributed by atoms with Gasteiger partial charge in [-0.15, -0.1) is 0 Å². The molecule has 0 unspecified atom stereocenters. The van der Waals surface area contributed by atoms with E-state index >= 15 is 0 Å². The third-order valence-electron chi connectivity index (χ3n) is 2.22. The number of benzene rings is 1. The van der Waals surface area contributed by atoms with Gasteiger partial charge in [0.25, 0.3) is 0 Å². The second-order valence-corrected chi connectivity index (χ2v) is 3.77. The molecule has 1 heterocycles. The van der Waals surface area contributed by atoms with Crippen molar-refractivity contribution in [1.29, 1.82) is 5.26 Å². The Bertz CT molecular complexity index is 609. The number of methoxy groups -OCH3 is 1. The van der Waals surface area contributed by atoms with E-state index < -0.39 is 0 Å². The van der Waals surface area contributed by atoms with Crippen molar-refractivity contribution >= 4 is 23.1 Å². The van der Waals surface area contributed by atoms with Crippen molar-refractivity contribution in [2.45, 2.75) is 0 Å². The molecule has 1 aromatic heterocycles. The molecule has 1 aromatic carbocycles. The minimum Gasteiger partial charge on any atom is -0.495 e. The predicted molar refractivity (Wildman–Crippen MR) is 68.0 cm³/mol. The van der Waals surface area contributed by atoms with E-state index in [1.54, 1.807) is 25.3 Å². The highest BCUT2D eigenvalue weighted by atomic mass is 35.5. The van der Waals surface area contributed by atoms with Crippen LogP contribution in [0.4, 0.5) is 11.5 Å². The largest absolute Gasteiger partial charge is 0.495 e. The Kier molecular flexibility index (Phi) is 3.60. The standard InChI is InChI=1S/C12H9ClN4O/c1-18-11-3-2-8(13)6-9(11)17-12-10(7-14)15-4-5-16-12/h2-6H,1H3,(H,16,17). The Morgan fingerprint density at radius 2 is 2.11 bits per heavy atom. The summed E-state index contributed by atoms with van der Waals surface area (Å²) in [5.41, 5.74) is 0.835. The maximum absolute atomic E-state index is 8.93. The fraction of sp³-hybridized carbons (Fsp3) is 0.0833. The minimum atomic E-state index is 0.208. The molecule has 5 nitrogen and oxygen atoms in total. The molecule has 2 aromatic rings. The highest BCUT2D eigenvalue weighted by Gasteiger charge is 2.08. The molecular weight excluding hydrogens is 252 g/mol. The summed E-state index contributed by atoms with van der Waals surface area (Å²) in [5.74, 6) is 0.967. The zero-order valence-electron chi connectivity index (χ0n) is 9.51. The maximum atomic E-state index is 8.93. The monoisotopic (exact) mass is 260 g/mol. The van der Waals surface area contributed by atoms with Crippen LogP contribution in [0.15, 0.2) is 30.6 Å². The van der Waals surface area contributed by atoms with Gasteiger partial charge in [0.05, 0.1) is 12.8 Å². The van der Waals surface area contributed by atoms with Gasteiger partial charge < -0.3 is 10.1 Å². The lowest BCUT2D eigenvalue weighted by Gasteiger charge is -2.11. The fourth-order valence-corrected chi connectivity index (χ4v) is 1.59. The van der Waals surface area contributed by atoms with Gasteiger partial charge in [-0.05, 0) is 18.2 Å². The maximum Gasteiger partial charge on any atom is 0.183 e. The number of anilines is 2. The molecule has 0 radical (unpaired) electrons. The van der Waals surface area contributed by atoms with Crippen molar-refractivity contribution in [2.75, 3.05) is 12.4 Å². The Hall–Kier alpha value is -2.32. The third kappa shape index (κ3) is 2.50. The topological polar surface area (TPSA) is 70.8 Å². The highest BCUT2D eigenvalue weighted by Crippen LogP contribution is 2.30. The second-order valence-electron chi connectivity index (χ2n) is 3.33. The summed E-state index contributed by atoms with van der Waals surface area (Å²) in [6, 6.07) is 7.09. The van der Waals surface area contributed by atoms with Crippen LogP contribution in [0.5, 0.6) is 5.75 Å². The van der Waals surface area contributed by atoms with E-state index in [1.165, 1.54) is 12.4 Å². The molecule has 0 saturated carbocycles. The number of ether oxygens (including phenoxy) is 1. The molecule has 6 heteroatoms. The Labute approximate surface area is 109 Å². The van der Waals surface area contributed by atoms with Crippen LogP contribution < -0.4 is 10.1 Å². The zero-order valence-corrected chi connectivity index (χ0v) is 10.3. The van der Waals surface area contributed by atoms with E-state index in [0.717, 1.165) is 0 Å². The van der Waals surface area contributed by atoms with Gasteiger partial charge in [0, 0.05) is 17.4 Å². The van der Waals surface area contributed by atoms with Crippen LogP contribution in [0, 0.1) is 11.3 Å². The van der Waals surface area contributed by atoms with Gasteiger partial charge in [-0.25, -0.2) is 9.97 Å². The second kappa shape index (κ2) is 5.34. The molecule has 0 aliphatic carbocycles. The SMILES string of the molecule is COc1ccc(Cl)cc1Nc1nccnc1C#N. The van der Waals surface area contributed by atoms with Crippen molar-refractivity contribution in [1.82, 2.24) is 9.97 Å². The van der Waals surface area contributed by atoms with Crippen LogP contribution >= 0.6 is 11.6 Å². The summed E-state index contributed by atoms with van der Waals surface area (Å²) in [6.07, 6.45) is 2.96. The molecule has 1 N–H and O–H groups in total. The summed E-state index contributed by atoms with van der Waals surface area (Å²) in [5, 5.41) is 12.5. The van der Waals surface area contributed by atoms with Crippen molar-refractivity contribution < 1.29 is 4.74 Å². The molecule has 0 bridgehead atoms. The summed E-state index contributed by atoms with van der Waals surface area (Å²) in [4.78, 5) is 7.97. The van der Waals surface area contributed by atoms with E-state index in [9.17, 15) is 0 Å². The average Bonchev–Trinajstić information content (AvgIpc) is 2.40. The first-order valence-corrected chi connectivity index (χ1v) is 5.44. The van der Waals surface area contributed by atoms with Crippen molar-refractivity contribution in [2.24, 2.45) is 0 Å². The summed E-state index contributed by atoms with van der Waals surface area (Å²) in [6.45, 7) is 0. The average molecular weight is 261 g/mol. The van der Waals surface area contributed by atoms with E-state index in [-0.39, 0.29) is 5.69 Å². The molecule has 18 heavy (non-hydrogen) atoms. The Balaban J connectivity index is 2.40. The summed E-state index contributed by atoms with van der Waals surface area (Å²) in [7, 11) is 1.55. The molecule has 0 atom stereocenters. The quantitative estimate of drug-likeness (QED) is 0.919. The molecule has 0 fully saturated rings. The van der Waals surface area contributed by atoms with Gasteiger partial charge in [-0.1, -0.05) is 11.6 Å². The number of rotatable bonds is 3. The molecule has 0 aliphatic rings. The number of nitriles is 1. The van der Waals surface area contributed by atoms with Crippen LogP contribution in [-0.2, 0) is 0 Å². The number of hydrogen-bond acceptors (Lipinski definition) is 5. The van der Waals surface area contributed by atoms with Gasteiger partial charge >= 0.3 is 0 Å². The number of nitrogens with zero attached hydrogens (tertiary/aromatic N) is 3. The highest BCUT2D eigenvalue weighted by molar-refractivity contribution is 6.31. The molecular formula is C12H9ClN4O. The van der Waals surface area contributed by atoms with Crippen LogP contribution in [0.3, 0.4) is 0 Å². The first-order chi connectivity index (χ1) is 8.74. The molecule has 90 valence electrons. The van der Waals surface area contributed by atoms with Crippen LogP contribution in [0.2, 0.25) is 5.02 Å².